The number of aromatic nitrogens is 1. The lowest BCUT2D eigenvalue weighted by Gasteiger charge is -2.05. The summed E-state index contributed by atoms with van der Waals surface area (Å²) in [5.41, 5.74) is 1.77. The van der Waals surface area contributed by atoms with Crippen molar-refractivity contribution in [2.75, 3.05) is 6.54 Å². The summed E-state index contributed by atoms with van der Waals surface area (Å²) >= 11 is 0. The van der Waals surface area contributed by atoms with Gasteiger partial charge in [-0.25, -0.2) is 8.78 Å². The van der Waals surface area contributed by atoms with E-state index < -0.39 is 11.6 Å². The van der Waals surface area contributed by atoms with E-state index >= 15 is 0 Å². The Bertz CT molecular complexity index is 640. The van der Waals surface area contributed by atoms with Gasteiger partial charge in [0.2, 0.25) is 5.91 Å². The van der Waals surface area contributed by atoms with Gasteiger partial charge in [-0.3, -0.25) is 4.79 Å². The van der Waals surface area contributed by atoms with E-state index in [9.17, 15) is 13.6 Å². The zero-order chi connectivity index (χ0) is 14.8. The van der Waals surface area contributed by atoms with Crippen LogP contribution in [0.4, 0.5) is 8.78 Å². The summed E-state index contributed by atoms with van der Waals surface area (Å²) in [6.07, 6.45) is 3.29. The van der Waals surface area contributed by atoms with E-state index in [1.165, 1.54) is 6.07 Å². The number of carbonyl (C=O) groups excluding carboxylic acids is 1. The molecule has 1 aliphatic rings. The van der Waals surface area contributed by atoms with Gasteiger partial charge >= 0.3 is 0 Å². The average molecular weight is 290 g/mol. The molecule has 3 nitrogen and oxygen atoms in total. The summed E-state index contributed by atoms with van der Waals surface area (Å²) in [5.74, 6) is -1.85. The second kappa shape index (κ2) is 5.68. The molecule has 1 saturated carbocycles. The van der Waals surface area contributed by atoms with Crippen molar-refractivity contribution in [2.24, 2.45) is 5.92 Å². The molecule has 0 spiro atoms. The Morgan fingerprint density at radius 2 is 2.14 bits per heavy atom. The number of nitrogens with one attached hydrogen (secondary N) is 2. The van der Waals surface area contributed by atoms with Crippen LogP contribution in [0, 0.1) is 17.6 Å². The van der Waals surface area contributed by atoms with Crippen LogP contribution >= 0.6 is 0 Å². The summed E-state index contributed by atoms with van der Waals surface area (Å²) in [5, 5.41) is 2.88. The molecule has 0 unspecified atom stereocenters. The Morgan fingerprint density at radius 3 is 2.86 bits per heavy atom. The molecule has 2 aromatic rings. The van der Waals surface area contributed by atoms with Crippen molar-refractivity contribution in [3.63, 3.8) is 0 Å². The van der Waals surface area contributed by atoms with E-state index in [2.05, 4.69) is 10.3 Å². The fourth-order valence-electron chi connectivity index (χ4n) is 2.57. The maximum Gasteiger partial charge on any atom is 0.223 e. The van der Waals surface area contributed by atoms with Crippen LogP contribution in [0.15, 0.2) is 36.5 Å². The van der Waals surface area contributed by atoms with E-state index in [0.29, 0.717) is 18.5 Å². The van der Waals surface area contributed by atoms with Crippen molar-refractivity contribution < 1.29 is 13.6 Å². The SMILES string of the molecule is O=C(NCCc1ccc[nH]1)[C@H]1C[C@@H]1c1ccc(F)c(F)c1. The highest BCUT2D eigenvalue weighted by Crippen LogP contribution is 2.47. The third kappa shape index (κ3) is 3.12. The standard InChI is InChI=1S/C16H16F2N2O/c17-14-4-3-10(8-15(14)18)12-9-13(12)16(21)20-7-5-11-2-1-6-19-11/h1-4,6,8,12-13,19H,5,7,9H2,(H,20,21)/t12-,13+/m1/s1. The molecule has 0 bridgehead atoms. The summed E-state index contributed by atoms with van der Waals surface area (Å²) in [7, 11) is 0. The largest absolute Gasteiger partial charge is 0.365 e. The molecule has 1 amide bonds. The first kappa shape index (κ1) is 13.8. The average Bonchev–Trinajstić information content (AvgIpc) is 3.11. The van der Waals surface area contributed by atoms with Crippen LogP contribution in [0.5, 0.6) is 0 Å². The van der Waals surface area contributed by atoms with Gasteiger partial charge in [-0.2, -0.15) is 0 Å². The smallest absolute Gasteiger partial charge is 0.223 e. The fraction of sp³-hybridized carbons (Fsp3) is 0.312. The van der Waals surface area contributed by atoms with Crippen LogP contribution < -0.4 is 5.32 Å². The Labute approximate surface area is 121 Å². The molecule has 1 aliphatic carbocycles. The van der Waals surface area contributed by atoms with Gasteiger partial charge in [0.05, 0.1) is 0 Å². The molecule has 110 valence electrons. The number of amides is 1. The summed E-state index contributed by atoms with van der Waals surface area (Å²) in [6.45, 7) is 0.570. The van der Waals surface area contributed by atoms with Crippen molar-refractivity contribution in [3.05, 3.63) is 59.4 Å². The van der Waals surface area contributed by atoms with E-state index in [0.717, 1.165) is 18.2 Å². The molecule has 0 aliphatic heterocycles. The van der Waals surface area contributed by atoms with Crippen molar-refractivity contribution >= 4 is 5.91 Å². The Balaban J connectivity index is 1.50. The number of hydrogen-bond donors (Lipinski definition) is 2. The van der Waals surface area contributed by atoms with Crippen LogP contribution in [0.3, 0.4) is 0 Å². The molecule has 0 radical (unpaired) electrons. The highest BCUT2D eigenvalue weighted by atomic mass is 19.2. The van der Waals surface area contributed by atoms with Gasteiger partial charge < -0.3 is 10.3 Å². The first-order valence-electron chi connectivity index (χ1n) is 7.00. The normalized spacial score (nSPS) is 20.3. The van der Waals surface area contributed by atoms with E-state index in [-0.39, 0.29) is 17.7 Å². The van der Waals surface area contributed by atoms with Crippen LogP contribution in [-0.4, -0.2) is 17.4 Å². The first-order valence-corrected chi connectivity index (χ1v) is 7.00. The number of hydrogen-bond acceptors (Lipinski definition) is 1. The zero-order valence-corrected chi connectivity index (χ0v) is 11.4. The van der Waals surface area contributed by atoms with Crippen LogP contribution in [0.25, 0.3) is 0 Å². The van der Waals surface area contributed by atoms with Crippen LogP contribution in [0.1, 0.15) is 23.6 Å². The van der Waals surface area contributed by atoms with Gasteiger partial charge in [-0.05, 0) is 42.2 Å². The Morgan fingerprint density at radius 1 is 1.29 bits per heavy atom. The van der Waals surface area contributed by atoms with Crippen molar-refractivity contribution in [1.82, 2.24) is 10.3 Å². The van der Waals surface area contributed by atoms with Crippen LogP contribution in [-0.2, 0) is 11.2 Å². The van der Waals surface area contributed by atoms with Gasteiger partial charge in [-0.15, -0.1) is 0 Å². The molecular formula is C16H16F2N2O. The van der Waals surface area contributed by atoms with E-state index in [1.807, 2.05) is 18.3 Å². The highest BCUT2D eigenvalue weighted by Gasteiger charge is 2.43. The lowest BCUT2D eigenvalue weighted by atomic mass is 10.1. The Hall–Kier alpha value is -2.17. The lowest BCUT2D eigenvalue weighted by Crippen LogP contribution is -2.27. The second-order valence-corrected chi connectivity index (χ2v) is 5.36. The highest BCUT2D eigenvalue weighted by molar-refractivity contribution is 5.82. The number of aromatic amines is 1. The molecule has 2 atom stereocenters. The van der Waals surface area contributed by atoms with Crippen LogP contribution in [0.2, 0.25) is 0 Å². The monoisotopic (exact) mass is 290 g/mol. The topological polar surface area (TPSA) is 44.9 Å². The minimum absolute atomic E-state index is 0.00517. The van der Waals surface area contributed by atoms with Gasteiger partial charge in [0.1, 0.15) is 0 Å². The zero-order valence-electron chi connectivity index (χ0n) is 11.4. The molecule has 3 rings (SSSR count). The molecule has 2 N–H and O–H groups in total. The molecule has 5 heteroatoms. The first-order chi connectivity index (χ1) is 10.1. The maximum atomic E-state index is 13.2. The molecule has 1 heterocycles. The van der Waals surface area contributed by atoms with Gasteiger partial charge in [0.25, 0.3) is 0 Å². The van der Waals surface area contributed by atoms with E-state index in [1.54, 1.807) is 6.07 Å². The van der Waals surface area contributed by atoms with E-state index in [4.69, 9.17) is 0 Å². The van der Waals surface area contributed by atoms with Gasteiger partial charge in [-0.1, -0.05) is 6.07 Å². The number of benzene rings is 1. The van der Waals surface area contributed by atoms with Crippen molar-refractivity contribution in [3.8, 4) is 0 Å². The van der Waals surface area contributed by atoms with Crippen molar-refractivity contribution in [2.45, 2.75) is 18.8 Å². The molecule has 0 saturated heterocycles. The number of carbonyl (C=O) groups is 1. The molecular weight excluding hydrogens is 274 g/mol. The maximum absolute atomic E-state index is 13.2. The second-order valence-electron chi connectivity index (χ2n) is 5.36. The molecule has 1 aromatic heterocycles. The summed E-state index contributed by atoms with van der Waals surface area (Å²) in [4.78, 5) is 15.1. The third-order valence-corrected chi connectivity index (χ3v) is 3.85. The molecule has 1 fully saturated rings. The Kier molecular flexibility index (Phi) is 3.73. The summed E-state index contributed by atoms with van der Waals surface area (Å²) in [6, 6.07) is 7.73. The summed E-state index contributed by atoms with van der Waals surface area (Å²) < 4.78 is 26.1. The predicted octanol–water partition coefficient (Wildman–Crippen LogP) is 2.76. The number of H-pyrrole nitrogens is 1. The molecule has 21 heavy (non-hydrogen) atoms. The number of rotatable bonds is 5. The third-order valence-electron chi connectivity index (χ3n) is 3.85. The number of halogens is 2. The predicted molar refractivity (Wildman–Crippen MR) is 74.7 cm³/mol. The minimum atomic E-state index is -0.856. The fourth-order valence-corrected chi connectivity index (χ4v) is 2.57. The quantitative estimate of drug-likeness (QED) is 0.874. The lowest BCUT2D eigenvalue weighted by molar-refractivity contribution is -0.122. The molecule has 1 aromatic carbocycles. The van der Waals surface area contributed by atoms with Crippen molar-refractivity contribution in [1.29, 1.82) is 0 Å². The van der Waals surface area contributed by atoms with Gasteiger partial charge in [0.15, 0.2) is 11.6 Å². The minimum Gasteiger partial charge on any atom is -0.365 e. The van der Waals surface area contributed by atoms with Gasteiger partial charge in [0, 0.05) is 30.8 Å².